The molecule has 6 aliphatic rings. The summed E-state index contributed by atoms with van der Waals surface area (Å²) in [7, 11) is 0. The van der Waals surface area contributed by atoms with Crippen LogP contribution in [-0.4, -0.2) is 24.7 Å². The summed E-state index contributed by atoms with van der Waals surface area (Å²) in [5.74, 6) is 5.85. The van der Waals surface area contributed by atoms with Crippen LogP contribution in [0.4, 0.5) is 0 Å². The molecule has 1 N–H and O–H groups in total. The molecule has 5 saturated carbocycles. The first kappa shape index (κ1) is 19.8. The average molecular weight is 412 g/mol. The van der Waals surface area contributed by atoms with Crippen molar-refractivity contribution in [2.24, 2.45) is 52.8 Å². The van der Waals surface area contributed by atoms with E-state index >= 15 is 0 Å². The van der Waals surface area contributed by atoms with E-state index in [1.165, 1.54) is 56.9 Å². The summed E-state index contributed by atoms with van der Waals surface area (Å²) in [6, 6.07) is 0.534. The Balaban J connectivity index is 1.13. The fourth-order valence-electron chi connectivity index (χ4n) is 9.66. The Bertz CT molecular complexity index is 732. The quantitative estimate of drug-likeness (QED) is 0.500. The van der Waals surface area contributed by atoms with E-state index in [1.807, 2.05) is 0 Å². The highest BCUT2D eigenvalue weighted by Crippen LogP contribution is 2.59. The van der Waals surface area contributed by atoms with E-state index in [0.717, 1.165) is 49.0 Å². The molecule has 166 valence electrons. The van der Waals surface area contributed by atoms with Gasteiger partial charge >= 0.3 is 5.97 Å². The van der Waals surface area contributed by atoms with Crippen molar-refractivity contribution in [1.29, 1.82) is 0 Å². The number of carbonyl (C=O) groups excluding carboxylic acids is 1. The predicted octanol–water partition coefficient (Wildman–Crippen LogP) is 5.35. The van der Waals surface area contributed by atoms with Gasteiger partial charge < -0.3 is 10.1 Å². The summed E-state index contributed by atoms with van der Waals surface area (Å²) >= 11 is 0. The molecule has 0 spiro atoms. The molecule has 3 nitrogen and oxygen atoms in total. The van der Waals surface area contributed by atoms with E-state index in [0.29, 0.717) is 23.3 Å². The second-order valence-corrected chi connectivity index (χ2v) is 12.5. The van der Waals surface area contributed by atoms with E-state index in [1.54, 1.807) is 0 Å². The number of ether oxygens (including phenoxy) is 1. The molecular formula is C27H41NO2. The smallest absolute Gasteiger partial charge is 0.310 e. The standard InChI is InChI=1S/C27H41NO2/c1-15-5-4-8-27(3)13-24-21(12-23(15)27)22(26(29)30-24)14-28-16(2)25-19-7-6-18-9-17(10-19)11-20(18)25/h16-25,28H,1,4-14H2,2-3H3/t16-,17-,18-,19+,20-,21+,22+,23+,24+,25+,27+/m0/s1. The predicted molar refractivity (Wildman–Crippen MR) is 119 cm³/mol. The van der Waals surface area contributed by atoms with Gasteiger partial charge in [-0.05, 0) is 112 Å². The molecule has 5 aliphatic carbocycles. The molecule has 6 rings (SSSR count). The molecule has 1 heterocycles. The summed E-state index contributed by atoms with van der Waals surface area (Å²) in [6.45, 7) is 10.1. The van der Waals surface area contributed by atoms with Crippen LogP contribution in [0.25, 0.3) is 0 Å². The van der Waals surface area contributed by atoms with Gasteiger partial charge in [0, 0.05) is 18.5 Å². The second-order valence-electron chi connectivity index (χ2n) is 12.5. The Hall–Kier alpha value is -0.830. The molecule has 0 amide bonds. The summed E-state index contributed by atoms with van der Waals surface area (Å²) in [4.78, 5) is 12.9. The molecule has 3 heteroatoms. The van der Waals surface area contributed by atoms with Crippen LogP contribution >= 0.6 is 0 Å². The first-order chi connectivity index (χ1) is 14.4. The molecule has 30 heavy (non-hydrogen) atoms. The highest BCUT2D eigenvalue weighted by atomic mass is 16.6. The molecule has 0 aromatic carbocycles. The normalized spacial score (nSPS) is 52.7. The number of hydrogen-bond acceptors (Lipinski definition) is 3. The largest absolute Gasteiger partial charge is 0.462 e. The average Bonchev–Trinajstić information content (AvgIpc) is 3.10. The maximum atomic E-state index is 12.9. The van der Waals surface area contributed by atoms with E-state index in [-0.39, 0.29) is 18.0 Å². The van der Waals surface area contributed by atoms with E-state index in [4.69, 9.17) is 4.74 Å². The minimum atomic E-state index is 0.0498. The number of carbonyl (C=O) groups is 1. The first-order valence-electron chi connectivity index (χ1n) is 13.0. The Morgan fingerprint density at radius 2 is 1.97 bits per heavy atom. The number of nitrogens with one attached hydrogen (secondary N) is 1. The number of esters is 1. The fourth-order valence-corrected chi connectivity index (χ4v) is 9.66. The first-order valence-corrected chi connectivity index (χ1v) is 13.0. The van der Waals surface area contributed by atoms with Crippen LogP contribution in [0.15, 0.2) is 12.2 Å². The van der Waals surface area contributed by atoms with Gasteiger partial charge in [-0.15, -0.1) is 0 Å². The molecule has 0 unspecified atom stereocenters. The maximum Gasteiger partial charge on any atom is 0.310 e. The lowest BCUT2D eigenvalue weighted by Crippen LogP contribution is -2.49. The Morgan fingerprint density at radius 1 is 1.17 bits per heavy atom. The topological polar surface area (TPSA) is 38.3 Å². The van der Waals surface area contributed by atoms with E-state index in [2.05, 4.69) is 25.7 Å². The van der Waals surface area contributed by atoms with E-state index < -0.39 is 0 Å². The van der Waals surface area contributed by atoms with Crippen molar-refractivity contribution in [3.8, 4) is 0 Å². The van der Waals surface area contributed by atoms with Gasteiger partial charge in [0.05, 0.1) is 5.92 Å². The van der Waals surface area contributed by atoms with Crippen LogP contribution in [0, 0.1) is 52.8 Å². The Kier molecular flexibility index (Phi) is 4.68. The monoisotopic (exact) mass is 411 g/mol. The van der Waals surface area contributed by atoms with E-state index in [9.17, 15) is 4.79 Å². The van der Waals surface area contributed by atoms with Gasteiger partial charge in [-0.25, -0.2) is 0 Å². The lowest BCUT2D eigenvalue weighted by atomic mass is 9.55. The van der Waals surface area contributed by atoms with Gasteiger partial charge in [0.15, 0.2) is 0 Å². The fraction of sp³-hybridized carbons (Fsp3) is 0.889. The zero-order valence-electron chi connectivity index (χ0n) is 19.1. The summed E-state index contributed by atoms with van der Waals surface area (Å²) < 4.78 is 5.99. The third-order valence-electron chi connectivity index (χ3n) is 11.0. The molecular weight excluding hydrogens is 370 g/mol. The minimum absolute atomic E-state index is 0.0498. The molecule has 0 aromatic rings. The summed E-state index contributed by atoms with van der Waals surface area (Å²) in [5, 5.41) is 3.89. The van der Waals surface area contributed by atoms with Crippen molar-refractivity contribution < 1.29 is 9.53 Å². The van der Waals surface area contributed by atoms with Crippen LogP contribution in [-0.2, 0) is 9.53 Å². The third-order valence-corrected chi connectivity index (χ3v) is 11.0. The Labute approximate surface area is 182 Å². The van der Waals surface area contributed by atoms with Crippen LogP contribution in [0.2, 0.25) is 0 Å². The van der Waals surface area contributed by atoms with Crippen molar-refractivity contribution in [2.45, 2.75) is 90.2 Å². The Morgan fingerprint density at radius 3 is 2.83 bits per heavy atom. The minimum Gasteiger partial charge on any atom is -0.462 e. The van der Waals surface area contributed by atoms with Gasteiger partial charge in [0.25, 0.3) is 0 Å². The molecule has 3 bridgehead atoms. The molecule has 0 radical (unpaired) electrons. The molecule has 0 aromatic heterocycles. The van der Waals surface area contributed by atoms with Crippen LogP contribution in [0.1, 0.15) is 78.1 Å². The molecule has 6 fully saturated rings. The molecule has 1 aliphatic heterocycles. The molecule has 11 atom stereocenters. The number of allylic oxidation sites excluding steroid dienone is 1. The second kappa shape index (κ2) is 7.09. The lowest BCUT2D eigenvalue weighted by molar-refractivity contribution is -0.146. The summed E-state index contributed by atoms with van der Waals surface area (Å²) in [5.41, 5.74) is 1.74. The lowest BCUT2D eigenvalue weighted by Gasteiger charge is -2.50. The van der Waals surface area contributed by atoms with Crippen molar-refractivity contribution in [1.82, 2.24) is 5.32 Å². The highest BCUT2D eigenvalue weighted by Gasteiger charge is 2.56. The van der Waals surface area contributed by atoms with Crippen molar-refractivity contribution in [3.63, 3.8) is 0 Å². The zero-order valence-corrected chi connectivity index (χ0v) is 19.1. The maximum absolute atomic E-state index is 12.9. The number of hydrogen-bond donors (Lipinski definition) is 1. The van der Waals surface area contributed by atoms with Crippen LogP contribution in [0.5, 0.6) is 0 Å². The van der Waals surface area contributed by atoms with Gasteiger partial charge in [-0.3, -0.25) is 4.79 Å². The highest BCUT2D eigenvalue weighted by molar-refractivity contribution is 5.75. The van der Waals surface area contributed by atoms with Gasteiger partial charge in [-0.2, -0.15) is 0 Å². The van der Waals surface area contributed by atoms with Crippen molar-refractivity contribution >= 4 is 5.97 Å². The number of rotatable bonds is 4. The van der Waals surface area contributed by atoms with Crippen molar-refractivity contribution in [2.75, 3.05) is 6.54 Å². The summed E-state index contributed by atoms with van der Waals surface area (Å²) in [6.07, 6.45) is 13.4. The van der Waals surface area contributed by atoms with Gasteiger partial charge in [0.1, 0.15) is 6.10 Å². The van der Waals surface area contributed by atoms with Crippen LogP contribution < -0.4 is 5.32 Å². The van der Waals surface area contributed by atoms with Crippen molar-refractivity contribution in [3.05, 3.63) is 12.2 Å². The SMILES string of the molecule is C=C1CCC[C@]2(C)C[C@H]3OC(=O)[C@H](CN[C@@H](C)[C@@H]4[C@@H]5CC[C@H]6C[C@@H](C5)C[C@@H]64)[C@H]3C[C@H]12. The molecule has 1 saturated heterocycles. The zero-order chi connectivity index (χ0) is 20.6. The third kappa shape index (κ3) is 2.97. The van der Waals surface area contributed by atoms with Crippen LogP contribution in [0.3, 0.4) is 0 Å². The van der Waals surface area contributed by atoms with Gasteiger partial charge in [0.2, 0.25) is 0 Å². The van der Waals surface area contributed by atoms with Gasteiger partial charge in [-0.1, -0.05) is 19.1 Å². The number of fused-ring (bicyclic) bond motifs is 4.